The Kier molecular flexibility index (Phi) is 6.13. The van der Waals surface area contributed by atoms with Crippen molar-refractivity contribution in [1.82, 2.24) is 14.3 Å². The molecule has 156 valence electrons. The number of nitrogens with two attached hydrogens (primary N) is 1. The van der Waals surface area contributed by atoms with Crippen molar-refractivity contribution in [3.05, 3.63) is 46.9 Å². The van der Waals surface area contributed by atoms with E-state index in [0.717, 1.165) is 5.56 Å². The lowest BCUT2D eigenvalue weighted by Crippen LogP contribution is -2.42. The largest absolute Gasteiger partial charge is 0.383 e. The van der Waals surface area contributed by atoms with Crippen molar-refractivity contribution in [3.63, 3.8) is 0 Å². The number of hydrogen-bond donors (Lipinski definition) is 2. The molecule has 1 aromatic carbocycles. The minimum atomic E-state index is -3.19. The summed E-state index contributed by atoms with van der Waals surface area (Å²) in [5.74, 6) is -0.644. The van der Waals surface area contributed by atoms with Crippen LogP contribution in [0.25, 0.3) is 0 Å². The van der Waals surface area contributed by atoms with E-state index in [1.54, 1.807) is 6.07 Å². The second kappa shape index (κ2) is 8.42. The molecule has 0 radical (unpaired) electrons. The monoisotopic (exact) mass is 421 g/mol. The molecule has 8 nitrogen and oxygen atoms in total. The van der Waals surface area contributed by atoms with Gasteiger partial charge in [-0.05, 0) is 37.0 Å². The lowest BCUT2D eigenvalue weighted by Gasteiger charge is -2.30. The van der Waals surface area contributed by atoms with E-state index in [2.05, 4.69) is 15.3 Å². The zero-order valence-corrected chi connectivity index (χ0v) is 17.2. The number of aromatic nitrogens is 2. The summed E-state index contributed by atoms with van der Waals surface area (Å²) >= 11 is 0. The number of nitrogens with zero attached hydrogens (tertiary/aromatic N) is 3. The molecule has 2 heterocycles. The van der Waals surface area contributed by atoms with Crippen molar-refractivity contribution in [1.29, 1.82) is 0 Å². The highest BCUT2D eigenvalue weighted by Crippen LogP contribution is 2.21. The number of ketones is 1. The number of sulfonamides is 1. The summed E-state index contributed by atoms with van der Waals surface area (Å²) in [6.07, 6.45) is 4.33. The van der Waals surface area contributed by atoms with Gasteiger partial charge in [-0.2, -0.15) is 4.98 Å². The molecule has 1 fully saturated rings. The Morgan fingerprint density at radius 3 is 2.59 bits per heavy atom. The number of anilines is 2. The van der Waals surface area contributed by atoms with Crippen LogP contribution >= 0.6 is 0 Å². The fourth-order valence-electron chi connectivity index (χ4n) is 3.37. The Morgan fingerprint density at radius 2 is 2.00 bits per heavy atom. The number of hydrogen-bond acceptors (Lipinski definition) is 7. The van der Waals surface area contributed by atoms with Crippen LogP contribution < -0.4 is 11.1 Å². The van der Waals surface area contributed by atoms with Crippen LogP contribution in [0, 0.1) is 5.82 Å². The van der Waals surface area contributed by atoms with E-state index in [0.29, 0.717) is 32.4 Å². The average molecular weight is 421 g/mol. The summed E-state index contributed by atoms with van der Waals surface area (Å²) < 4.78 is 38.2. The normalized spacial score (nSPS) is 16.0. The molecule has 0 saturated carbocycles. The number of carbonyl (C=O) groups excluding carboxylic acids is 1. The third kappa shape index (κ3) is 4.88. The van der Waals surface area contributed by atoms with E-state index >= 15 is 0 Å². The highest BCUT2D eigenvalue weighted by Gasteiger charge is 2.25. The Balaban J connectivity index is 1.73. The van der Waals surface area contributed by atoms with Gasteiger partial charge in [-0.25, -0.2) is 22.1 Å². The van der Waals surface area contributed by atoms with Crippen LogP contribution in [0.5, 0.6) is 0 Å². The maximum atomic E-state index is 13.6. The van der Waals surface area contributed by atoms with Crippen molar-refractivity contribution in [2.75, 3.05) is 30.4 Å². The molecule has 1 aliphatic heterocycles. The van der Waals surface area contributed by atoms with E-state index in [1.807, 2.05) is 6.92 Å². The molecule has 0 spiro atoms. The topological polar surface area (TPSA) is 118 Å². The Bertz CT molecular complexity index is 1020. The van der Waals surface area contributed by atoms with Crippen LogP contribution in [-0.2, 0) is 16.4 Å². The smallest absolute Gasteiger partial charge is 0.224 e. The Labute approximate surface area is 169 Å². The van der Waals surface area contributed by atoms with Crippen molar-refractivity contribution < 1.29 is 17.6 Å². The minimum Gasteiger partial charge on any atom is -0.383 e. The van der Waals surface area contributed by atoms with Gasteiger partial charge < -0.3 is 11.1 Å². The van der Waals surface area contributed by atoms with Gasteiger partial charge in [0.05, 0.1) is 11.8 Å². The van der Waals surface area contributed by atoms with Crippen molar-refractivity contribution in [2.45, 2.75) is 32.2 Å². The summed E-state index contributed by atoms with van der Waals surface area (Å²) in [5.41, 5.74) is 7.06. The maximum absolute atomic E-state index is 13.6. The van der Waals surface area contributed by atoms with Gasteiger partial charge in [-0.15, -0.1) is 0 Å². The molecule has 0 bridgehead atoms. The van der Waals surface area contributed by atoms with Crippen LogP contribution in [0.3, 0.4) is 0 Å². The van der Waals surface area contributed by atoms with Crippen LogP contribution in [-0.4, -0.2) is 53.9 Å². The van der Waals surface area contributed by atoms with Crippen LogP contribution in [0.1, 0.15) is 41.3 Å². The van der Waals surface area contributed by atoms with E-state index < -0.39 is 21.6 Å². The molecular formula is C19H24FN5O3S. The second-order valence-electron chi connectivity index (χ2n) is 7.06. The van der Waals surface area contributed by atoms with E-state index in [4.69, 9.17) is 5.73 Å². The molecule has 3 rings (SSSR count). The summed E-state index contributed by atoms with van der Waals surface area (Å²) in [4.78, 5) is 21.2. The lowest BCUT2D eigenvalue weighted by atomic mass is 9.98. The number of aryl methyl sites for hydroxylation is 1. The number of benzene rings is 1. The molecule has 1 aliphatic rings. The molecule has 0 amide bonds. The molecule has 0 unspecified atom stereocenters. The molecule has 0 aliphatic carbocycles. The molecule has 0 atom stereocenters. The lowest BCUT2D eigenvalue weighted by molar-refractivity contribution is 0.103. The van der Waals surface area contributed by atoms with Gasteiger partial charge in [0.25, 0.3) is 0 Å². The van der Waals surface area contributed by atoms with Crippen LogP contribution in [0.4, 0.5) is 16.2 Å². The maximum Gasteiger partial charge on any atom is 0.224 e. The molecule has 1 saturated heterocycles. The summed E-state index contributed by atoms with van der Waals surface area (Å²) in [6.45, 7) is 2.72. The molecule has 2 aromatic rings. The third-order valence-corrected chi connectivity index (χ3v) is 6.32. The van der Waals surface area contributed by atoms with Crippen molar-refractivity contribution in [2.24, 2.45) is 0 Å². The Morgan fingerprint density at radius 1 is 1.31 bits per heavy atom. The minimum absolute atomic E-state index is 0.00358. The fraction of sp³-hybridized carbons (Fsp3) is 0.421. The summed E-state index contributed by atoms with van der Waals surface area (Å²) in [7, 11) is -3.19. The number of halogens is 1. The van der Waals surface area contributed by atoms with Crippen molar-refractivity contribution in [3.8, 4) is 0 Å². The zero-order chi connectivity index (χ0) is 21.2. The molecule has 29 heavy (non-hydrogen) atoms. The first kappa shape index (κ1) is 21.1. The Hall–Kier alpha value is -2.59. The van der Waals surface area contributed by atoms with Gasteiger partial charge in [0.15, 0.2) is 5.78 Å². The van der Waals surface area contributed by atoms with E-state index in [1.165, 1.54) is 28.9 Å². The fourth-order valence-corrected chi connectivity index (χ4v) is 4.24. The van der Waals surface area contributed by atoms with Gasteiger partial charge in [-0.3, -0.25) is 4.79 Å². The van der Waals surface area contributed by atoms with Crippen LogP contribution in [0.15, 0.2) is 24.4 Å². The van der Waals surface area contributed by atoms with Gasteiger partial charge in [0.1, 0.15) is 11.6 Å². The predicted molar refractivity (Wildman–Crippen MR) is 109 cm³/mol. The summed E-state index contributed by atoms with van der Waals surface area (Å²) in [6, 6.07) is 4.10. The number of rotatable bonds is 6. The first-order valence-electron chi connectivity index (χ1n) is 9.36. The van der Waals surface area contributed by atoms with Gasteiger partial charge in [-0.1, -0.05) is 13.0 Å². The van der Waals surface area contributed by atoms with Gasteiger partial charge in [0.2, 0.25) is 16.0 Å². The number of carbonyl (C=O) groups is 1. The highest BCUT2D eigenvalue weighted by atomic mass is 32.2. The number of piperidine rings is 1. The van der Waals surface area contributed by atoms with Crippen molar-refractivity contribution >= 4 is 27.6 Å². The van der Waals surface area contributed by atoms with E-state index in [9.17, 15) is 17.6 Å². The standard InChI is InChI=1S/C19H24FN5O3S/c1-3-12-4-5-13(20)10-15(12)17(26)16-11-22-19(24-18(16)21)23-14-6-8-25(9-7-14)29(2,27)28/h4-5,10-11,14H,3,6-9H2,1-2H3,(H3,21,22,23,24). The number of nitrogen functional groups attached to an aromatic ring is 1. The second-order valence-corrected chi connectivity index (χ2v) is 9.04. The van der Waals surface area contributed by atoms with Crippen LogP contribution in [0.2, 0.25) is 0 Å². The van der Waals surface area contributed by atoms with Gasteiger partial charge in [0, 0.05) is 30.9 Å². The number of nitrogens with one attached hydrogen (secondary N) is 1. The SMILES string of the molecule is CCc1ccc(F)cc1C(=O)c1cnc(NC2CCN(S(C)(=O)=O)CC2)nc1N. The first-order valence-corrected chi connectivity index (χ1v) is 11.2. The van der Waals surface area contributed by atoms with E-state index in [-0.39, 0.29) is 28.9 Å². The summed E-state index contributed by atoms with van der Waals surface area (Å²) in [5, 5.41) is 3.14. The zero-order valence-electron chi connectivity index (χ0n) is 16.4. The molecular weight excluding hydrogens is 397 g/mol. The molecule has 1 aromatic heterocycles. The predicted octanol–water partition coefficient (Wildman–Crippen LogP) is 1.83. The first-order chi connectivity index (χ1) is 13.7. The highest BCUT2D eigenvalue weighted by molar-refractivity contribution is 7.88. The average Bonchev–Trinajstić information content (AvgIpc) is 2.67. The quantitative estimate of drug-likeness (QED) is 0.683. The molecule has 3 N–H and O–H groups in total. The molecule has 10 heteroatoms. The van der Waals surface area contributed by atoms with Gasteiger partial charge >= 0.3 is 0 Å². The third-order valence-electron chi connectivity index (χ3n) is 5.02.